The van der Waals surface area contributed by atoms with Gasteiger partial charge in [-0.2, -0.15) is 26.3 Å². The summed E-state index contributed by atoms with van der Waals surface area (Å²) in [6.07, 6.45) is -9.66. The smallest absolute Gasteiger partial charge is 0.318 e. The number of anilines is 2. The Morgan fingerprint density at radius 2 is 1.52 bits per heavy atom. The van der Waals surface area contributed by atoms with Crippen molar-refractivity contribution in [2.45, 2.75) is 31.7 Å². The lowest BCUT2D eigenvalue weighted by atomic mass is 10.1. The number of fused-ring (bicyclic) bond motifs is 1. The molecule has 0 saturated carbocycles. The summed E-state index contributed by atoms with van der Waals surface area (Å²) in [7, 11) is 0. The fourth-order valence-corrected chi connectivity index (χ4v) is 3.20. The van der Waals surface area contributed by atoms with Crippen LogP contribution in [0.4, 0.5) is 37.7 Å². The van der Waals surface area contributed by atoms with E-state index in [9.17, 15) is 35.9 Å². The van der Waals surface area contributed by atoms with Gasteiger partial charge in [0.15, 0.2) is 0 Å². The second kappa shape index (κ2) is 7.09. The number of amides is 2. The van der Waals surface area contributed by atoms with Gasteiger partial charge in [-0.25, -0.2) is 0 Å². The van der Waals surface area contributed by atoms with Crippen molar-refractivity contribution in [2.24, 2.45) is 0 Å². The van der Waals surface area contributed by atoms with E-state index in [1.54, 1.807) is 31.2 Å². The highest BCUT2D eigenvalue weighted by molar-refractivity contribution is 6.44. The summed E-state index contributed by atoms with van der Waals surface area (Å²) in [5.74, 6) is -2.41. The number of hydrogen-bond acceptors (Lipinski definition) is 2. The first kappa shape index (κ1) is 20.7. The van der Waals surface area contributed by atoms with E-state index < -0.39 is 47.0 Å². The molecular formula is C19H14F6N2O2. The quantitative estimate of drug-likeness (QED) is 0.544. The maximum Gasteiger partial charge on any atom is 0.416 e. The second-order valence-electron chi connectivity index (χ2n) is 6.61. The van der Waals surface area contributed by atoms with Crippen molar-refractivity contribution >= 4 is 23.2 Å². The zero-order valence-electron chi connectivity index (χ0n) is 14.9. The van der Waals surface area contributed by atoms with Crippen LogP contribution in [0.2, 0.25) is 0 Å². The molecule has 0 aromatic heterocycles. The fraction of sp³-hybridized carbons (Fsp3) is 0.263. The van der Waals surface area contributed by atoms with Crippen LogP contribution in [-0.4, -0.2) is 17.9 Å². The summed E-state index contributed by atoms with van der Waals surface area (Å²) in [5.41, 5.74) is -2.67. The Labute approximate surface area is 161 Å². The van der Waals surface area contributed by atoms with Crippen molar-refractivity contribution in [3.63, 3.8) is 0 Å². The van der Waals surface area contributed by atoms with E-state index in [1.807, 2.05) is 5.32 Å². The molecule has 10 heteroatoms. The number of nitrogens with one attached hydrogen (secondary N) is 1. The first-order chi connectivity index (χ1) is 13.4. The molecule has 4 nitrogen and oxygen atoms in total. The highest BCUT2D eigenvalue weighted by Crippen LogP contribution is 2.38. The third-order valence-corrected chi connectivity index (χ3v) is 4.47. The van der Waals surface area contributed by atoms with E-state index in [1.165, 1.54) is 4.90 Å². The summed E-state index contributed by atoms with van der Waals surface area (Å²) >= 11 is 0. The minimum absolute atomic E-state index is 0.0593. The van der Waals surface area contributed by atoms with Gasteiger partial charge >= 0.3 is 24.2 Å². The number of carbonyl (C=O) groups is 2. The average molecular weight is 416 g/mol. The Morgan fingerprint density at radius 3 is 2.07 bits per heavy atom. The molecule has 0 saturated heterocycles. The van der Waals surface area contributed by atoms with Gasteiger partial charge < -0.3 is 10.2 Å². The summed E-state index contributed by atoms with van der Waals surface area (Å²) in [5, 5.41) is 1.86. The van der Waals surface area contributed by atoms with Gasteiger partial charge in [0, 0.05) is 17.4 Å². The van der Waals surface area contributed by atoms with Crippen LogP contribution < -0.4 is 10.2 Å². The lowest BCUT2D eigenvalue weighted by Gasteiger charge is -2.22. The SMILES string of the molecule is CC1Cc2ccccc2N1C(=O)C(=O)Nc1cc(C(F)(F)F)cc(C(F)(F)F)c1. The van der Waals surface area contributed by atoms with Gasteiger partial charge in [-0.1, -0.05) is 18.2 Å². The van der Waals surface area contributed by atoms with Gasteiger partial charge in [-0.15, -0.1) is 0 Å². The number of carbonyl (C=O) groups excluding carboxylic acids is 2. The highest BCUT2D eigenvalue weighted by Gasteiger charge is 2.38. The fourth-order valence-electron chi connectivity index (χ4n) is 3.20. The van der Waals surface area contributed by atoms with Crippen LogP contribution in [0.25, 0.3) is 0 Å². The molecule has 0 spiro atoms. The van der Waals surface area contributed by atoms with Crippen LogP contribution in [0.1, 0.15) is 23.6 Å². The first-order valence-corrected chi connectivity index (χ1v) is 8.40. The third kappa shape index (κ3) is 4.20. The van der Waals surface area contributed by atoms with E-state index in [4.69, 9.17) is 0 Å². The molecule has 0 radical (unpaired) electrons. The molecule has 1 atom stereocenters. The Hall–Kier alpha value is -3.04. The van der Waals surface area contributed by atoms with Crippen LogP contribution in [0.5, 0.6) is 0 Å². The molecule has 3 rings (SSSR count). The summed E-state index contributed by atoms with van der Waals surface area (Å²) in [6, 6.07) is 7.02. The Morgan fingerprint density at radius 1 is 0.966 bits per heavy atom. The van der Waals surface area contributed by atoms with Gasteiger partial charge in [-0.05, 0) is 43.2 Å². The van der Waals surface area contributed by atoms with Crippen molar-refractivity contribution in [1.29, 1.82) is 0 Å². The molecule has 0 aliphatic carbocycles. The molecule has 2 amide bonds. The molecule has 154 valence electrons. The molecular weight excluding hydrogens is 402 g/mol. The van der Waals surface area contributed by atoms with Gasteiger partial charge in [-0.3, -0.25) is 9.59 Å². The van der Waals surface area contributed by atoms with Crippen molar-refractivity contribution in [2.75, 3.05) is 10.2 Å². The van der Waals surface area contributed by atoms with Crippen molar-refractivity contribution in [3.05, 3.63) is 59.2 Å². The molecule has 2 aromatic rings. The summed E-state index contributed by atoms with van der Waals surface area (Å²) in [6.45, 7) is 1.68. The van der Waals surface area contributed by atoms with E-state index >= 15 is 0 Å². The third-order valence-electron chi connectivity index (χ3n) is 4.47. The molecule has 0 bridgehead atoms. The normalized spacial score (nSPS) is 16.5. The maximum absolute atomic E-state index is 12.9. The van der Waals surface area contributed by atoms with Crippen LogP contribution in [0.3, 0.4) is 0 Å². The second-order valence-corrected chi connectivity index (χ2v) is 6.61. The van der Waals surface area contributed by atoms with Crippen LogP contribution in [-0.2, 0) is 28.4 Å². The number of para-hydroxylation sites is 1. The molecule has 29 heavy (non-hydrogen) atoms. The molecule has 1 aliphatic heterocycles. The lowest BCUT2D eigenvalue weighted by Crippen LogP contribution is -2.43. The first-order valence-electron chi connectivity index (χ1n) is 8.40. The standard InChI is InChI=1S/C19H14F6N2O2/c1-10-6-11-4-2-3-5-15(11)27(10)17(29)16(28)26-14-8-12(18(20,21)22)7-13(9-14)19(23,24)25/h2-5,7-10H,6H2,1H3,(H,26,28). The summed E-state index contributed by atoms with van der Waals surface area (Å²) in [4.78, 5) is 26.0. The number of benzene rings is 2. The van der Waals surface area contributed by atoms with Crippen molar-refractivity contribution < 1.29 is 35.9 Å². The molecule has 1 unspecified atom stereocenters. The van der Waals surface area contributed by atoms with Crippen molar-refractivity contribution in [3.8, 4) is 0 Å². The number of nitrogens with zero attached hydrogens (tertiary/aromatic N) is 1. The van der Waals surface area contributed by atoms with E-state index in [2.05, 4.69) is 0 Å². The van der Waals surface area contributed by atoms with Crippen LogP contribution in [0.15, 0.2) is 42.5 Å². The zero-order valence-corrected chi connectivity index (χ0v) is 14.9. The Bertz CT molecular complexity index is 936. The Kier molecular flexibility index (Phi) is 5.06. The maximum atomic E-state index is 12.9. The van der Waals surface area contributed by atoms with Gasteiger partial charge in [0.1, 0.15) is 0 Å². The van der Waals surface area contributed by atoms with Gasteiger partial charge in [0.2, 0.25) is 0 Å². The van der Waals surface area contributed by atoms with E-state index in [-0.39, 0.29) is 6.07 Å². The molecule has 1 N–H and O–H groups in total. The number of hydrogen-bond donors (Lipinski definition) is 1. The van der Waals surface area contributed by atoms with Crippen molar-refractivity contribution in [1.82, 2.24) is 0 Å². The van der Waals surface area contributed by atoms with Crippen LogP contribution >= 0.6 is 0 Å². The molecule has 0 fully saturated rings. The van der Waals surface area contributed by atoms with E-state index in [0.29, 0.717) is 24.2 Å². The average Bonchev–Trinajstić information content (AvgIpc) is 2.95. The minimum Gasteiger partial charge on any atom is -0.318 e. The molecule has 1 heterocycles. The highest BCUT2D eigenvalue weighted by atomic mass is 19.4. The predicted molar refractivity (Wildman–Crippen MR) is 92.2 cm³/mol. The largest absolute Gasteiger partial charge is 0.416 e. The number of halogens is 6. The van der Waals surface area contributed by atoms with E-state index in [0.717, 1.165) is 5.56 Å². The molecule has 1 aliphatic rings. The zero-order chi connectivity index (χ0) is 21.6. The monoisotopic (exact) mass is 416 g/mol. The van der Waals surface area contributed by atoms with Gasteiger partial charge in [0.05, 0.1) is 11.1 Å². The minimum atomic E-state index is -5.06. The Balaban J connectivity index is 1.90. The predicted octanol–water partition coefficient (Wildman–Crippen LogP) is 4.64. The summed E-state index contributed by atoms with van der Waals surface area (Å²) < 4.78 is 77.6. The lowest BCUT2D eigenvalue weighted by molar-refractivity contribution is -0.143. The topological polar surface area (TPSA) is 49.4 Å². The number of alkyl halides is 6. The van der Waals surface area contributed by atoms with Crippen LogP contribution in [0, 0.1) is 0 Å². The number of rotatable bonds is 1. The van der Waals surface area contributed by atoms with Gasteiger partial charge in [0.25, 0.3) is 0 Å². The molecule has 2 aromatic carbocycles.